The minimum Gasteiger partial charge on any atom is -0.370 e. The maximum absolute atomic E-state index is 10.7. The van der Waals surface area contributed by atoms with Gasteiger partial charge in [-0.15, -0.1) is 0 Å². The molecule has 80 valence electrons. The lowest BCUT2D eigenvalue weighted by Crippen LogP contribution is -2.43. The van der Waals surface area contributed by atoms with Gasteiger partial charge in [-0.2, -0.15) is 0 Å². The molecule has 0 saturated carbocycles. The van der Waals surface area contributed by atoms with E-state index in [0.717, 1.165) is 25.9 Å². The van der Waals surface area contributed by atoms with Crippen molar-refractivity contribution in [1.29, 1.82) is 0 Å². The van der Waals surface area contributed by atoms with E-state index in [2.05, 4.69) is 4.99 Å². The van der Waals surface area contributed by atoms with Crippen molar-refractivity contribution in [2.45, 2.75) is 19.3 Å². The van der Waals surface area contributed by atoms with Crippen molar-refractivity contribution in [3.05, 3.63) is 0 Å². The number of aliphatic imine (C=N–C) groups is 1. The fourth-order valence-corrected chi connectivity index (χ4v) is 1.79. The zero-order valence-electron chi connectivity index (χ0n) is 8.57. The maximum Gasteiger partial charge on any atom is 0.217 e. The van der Waals surface area contributed by atoms with E-state index in [9.17, 15) is 4.79 Å². The molecule has 0 bridgehead atoms. The lowest BCUT2D eigenvalue weighted by molar-refractivity contribution is -0.119. The molecule has 0 radical (unpaired) electrons. The van der Waals surface area contributed by atoms with Crippen molar-refractivity contribution in [2.24, 2.45) is 22.4 Å². The van der Waals surface area contributed by atoms with Crippen LogP contribution < -0.4 is 11.5 Å². The molecule has 0 spiro atoms. The highest BCUT2D eigenvalue weighted by atomic mass is 16.1. The van der Waals surface area contributed by atoms with E-state index in [1.807, 2.05) is 4.90 Å². The van der Waals surface area contributed by atoms with Crippen molar-refractivity contribution < 1.29 is 4.79 Å². The number of primary amides is 1. The summed E-state index contributed by atoms with van der Waals surface area (Å²) in [4.78, 5) is 16.7. The van der Waals surface area contributed by atoms with Crippen molar-refractivity contribution in [1.82, 2.24) is 4.90 Å². The quantitative estimate of drug-likeness (QED) is 0.464. The third-order valence-corrected chi connectivity index (χ3v) is 2.66. The van der Waals surface area contributed by atoms with Crippen LogP contribution in [0.5, 0.6) is 0 Å². The Bertz CT molecular complexity index is 231. The SMILES string of the molecule is CN=C(N)N1CCC(CC(N)=O)CC1. The Kier molecular flexibility index (Phi) is 3.73. The van der Waals surface area contributed by atoms with Crippen LogP contribution in [0, 0.1) is 5.92 Å². The molecule has 1 aliphatic heterocycles. The van der Waals surface area contributed by atoms with E-state index < -0.39 is 0 Å². The van der Waals surface area contributed by atoms with Crippen LogP contribution in [0.1, 0.15) is 19.3 Å². The molecular weight excluding hydrogens is 180 g/mol. The number of carbonyl (C=O) groups excluding carboxylic acids is 1. The number of nitrogens with zero attached hydrogens (tertiary/aromatic N) is 2. The van der Waals surface area contributed by atoms with Gasteiger partial charge in [0.2, 0.25) is 5.91 Å². The van der Waals surface area contributed by atoms with Crippen LogP contribution in [0.2, 0.25) is 0 Å². The molecule has 4 N–H and O–H groups in total. The number of rotatable bonds is 2. The summed E-state index contributed by atoms with van der Waals surface area (Å²) >= 11 is 0. The minimum absolute atomic E-state index is 0.208. The molecule has 14 heavy (non-hydrogen) atoms. The normalized spacial score (nSPS) is 19.8. The molecular formula is C9H18N4O. The van der Waals surface area contributed by atoms with Crippen molar-refractivity contribution >= 4 is 11.9 Å². The first-order valence-electron chi connectivity index (χ1n) is 4.89. The molecule has 1 aliphatic rings. The Hall–Kier alpha value is -1.26. The van der Waals surface area contributed by atoms with E-state index in [1.54, 1.807) is 7.05 Å². The maximum atomic E-state index is 10.7. The van der Waals surface area contributed by atoms with E-state index in [1.165, 1.54) is 0 Å². The summed E-state index contributed by atoms with van der Waals surface area (Å²) in [5, 5.41) is 0. The molecule has 0 aliphatic carbocycles. The van der Waals surface area contributed by atoms with E-state index in [0.29, 0.717) is 18.3 Å². The number of hydrogen-bond acceptors (Lipinski definition) is 2. The van der Waals surface area contributed by atoms with Gasteiger partial charge >= 0.3 is 0 Å². The summed E-state index contributed by atoms with van der Waals surface area (Å²) < 4.78 is 0. The van der Waals surface area contributed by atoms with Crippen molar-refractivity contribution in [3.63, 3.8) is 0 Å². The highest BCUT2D eigenvalue weighted by molar-refractivity contribution is 5.78. The molecule has 0 unspecified atom stereocenters. The van der Waals surface area contributed by atoms with Gasteiger partial charge in [-0.25, -0.2) is 0 Å². The number of likely N-dealkylation sites (tertiary alicyclic amines) is 1. The van der Waals surface area contributed by atoms with Gasteiger partial charge in [-0.1, -0.05) is 0 Å². The molecule has 0 atom stereocenters. The summed E-state index contributed by atoms with van der Waals surface area (Å²) in [5.41, 5.74) is 10.8. The average molecular weight is 198 g/mol. The van der Waals surface area contributed by atoms with E-state index >= 15 is 0 Å². The molecule has 1 heterocycles. The average Bonchev–Trinajstić information content (AvgIpc) is 2.17. The van der Waals surface area contributed by atoms with Crippen LogP contribution >= 0.6 is 0 Å². The standard InChI is InChI=1S/C9H18N4O/c1-12-9(11)13-4-2-7(3-5-13)6-8(10)14/h7H,2-6H2,1H3,(H2,10,14)(H2,11,12). The molecule has 5 heteroatoms. The molecule has 1 fully saturated rings. The summed E-state index contributed by atoms with van der Waals surface area (Å²) in [5.74, 6) is 0.802. The van der Waals surface area contributed by atoms with Gasteiger partial charge in [-0.3, -0.25) is 9.79 Å². The summed E-state index contributed by atoms with van der Waals surface area (Å²) in [6, 6.07) is 0. The van der Waals surface area contributed by atoms with Crippen LogP contribution in [-0.2, 0) is 4.79 Å². The zero-order valence-corrected chi connectivity index (χ0v) is 8.57. The van der Waals surface area contributed by atoms with Gasteiger partial charge in [0, 0.05) is 26.6 Å². The largest absolute Gasteiger partial charge is 0.370 e. The number of guanidine groups is 1. The third kappa shape index (κ3) is 2.90. The van der Waals surface area contributed by atoms with Gasteiger partial charge in [0.15, 0.2) is 5.96 Å². The van der Waals surface area contributed by atoms with Gasteiger partial charge in [0.05, 0.1) is 0 Å². The fourth-order valence-electron chi connectivity index (χ4n) is 1.79. The number of piperidine rings is 1. The summed E-state index contributed by atoms with van der Waals surface area (Å²) in [6.45, 7) is 1.75. The Balaban J connectivity index is 2.35. The Morgan fingerprint density at radius 3 is 2.43 bits per heavy atom. The predicted molar refractivity (Wildman–Crippen MR) is 55.7 cm³/mol. The number of hydrogen-bond donors (Lipinski definition) is 2. The fraction of sp³-hybridized carbons (Fsp3) is 0.778. The second-order valence-corrected chi connectivity index (χ2v) is 3.68. The molecule has 1 rings (SSSR count). The van der Waals surface area contributed by atoms with E-state index in [4.69, 9.17) is 11.5 Å². The highest BCUT2D eigenvalue weighted by Crippen LogP contribution is 2.19. The van der Waals surface area contributed by atoms with Gasteiger partial charge in [-0.05, 0) is 18.8 Å². The monoisotopic (exact) mass is 198 g/mol. The molecule has 0 aromatic rings. The number of nitrogens with two attached hydrogens (primary N) is 2. The van der Waals surface area contributed by atoms with Crippen molar-refractivity contribution in [2.75, 3.05) is 20.1 Å². The number of amides is 1. The lowest BCUT2D eigenvalue weighted by atomic mass is 9.93. The zero-order chi connectivity index (χ0) is 10.6. The summed E-state index contributed by atoms with van der Waals surface area (Å²) in [6.07, 6.45) is 2.44. The summed E-state index contributed by atoms with van der Waals surface area (Å²) in [7, 11) is 1.69. The topological polar surface area (TPSA) is 84.7 Å². The second-order valence-electron chi connectivity index (χ2n) is 3.68. The van der Waals surface area contributed by atoms with Crippen LogP contribution in [-0.4, -0.2) is 36.9 Å². The van der Waals surface area contributed by atoms with Crippen molar-refractivity contribution in [3.8, 4) is 0 Å². The minimum atomic E-state index is -0.208. The second kappa shape index (κ2) is 4.83. The number of carbonyl (C=O) groups is 1. The third-order valence-electron chi connectivity index (χ3n) is 2.66. The lowest BCUT2D eigenvalue weighted by Gasteiger charge is -2.32. The van der Waals surface area contributed by atoms with Gasteiger partial charge < -0.3 is 16.4 Å². The molecule has 1 saturated heterocycles. The van der Waals surface area contributed by atoms with Gasteiger partial charge in [0.1, 0.15) is 0 Å². The van der Waals surface area contributed by atoms with Crippen LogP contribution in [0.15, 0.2) is 4.99 Å². The Morgan fingerprint density at radius 2 is 2.00 bits per heavy atom. The molecule has 0 aromatic heterocycles. The molecule has 5 nitrogen and oxygen atoms in total. The van der Waals surface area contributed by atoms with Crippen LogP contribution in [0.25, 0.3) is 0 Å². The molecule has 1 amide bonds. The first-order chi connectivity index (χ1) is 6.63. The highest BCUT2D eigenvalue weighted by Gasteiger charge is 2.21. The van der Waals surface area contributed by atoms with Gasteiger partial charge in [0.25, 0.3) is 0 Å². The van der Waals surface area contributed by atoms with Crippen LogP contribution in [0.3, 0.4) is 0 Å². The molecule has 0 aromatic carbocycles. The first kappa shape index (κ1) is 10.8. The van der Waals surface area contributed by atoms with E-state index in [-0.39, 0.29) is 5.91 Å². The van der Waals surface area contributed by atoms with Crippen LogP contribution in [0.4, 0.5) is 0 Å². The predicted octanol–water partition coefficient (Wildman–Crippen LogP) is -0.482. The smallest absolute Gasteiger partial charge is 0.217 e. The Morgan fingerprint density at radius 1 is 1.43 bits per heavy atom. The Labute approximate surface area is 84.1 Å². The first-order valence-corrected chi connectivity index (χ1v) is 4.89.